The Hall–Kier alpha value is -1.83. The summed E-state index contributed by atoms with van der Waals surface area (Å²) in [6, 6.07) is 4.01. The average Bonchev–Trinajstić information content (AvgIpc) is 3.01. The maximum Gasteiger partial charge on any atom is 0.243 e. The van der Waals surface area contributed by atoms with Crippen molar-refractivity contribution in [3.63, 3.8) is 0 Å². The molecule has 25 heavy (non-hydrogen) atoms. The average molecular weight is 412 g/mol. The van der Waals surface area contributed by atoms with Gasteiger partial charge in [0.25, 0.3) is 0 Å². The first kappa shape index (κ1) is 19.5. The fourth-order valence-corrected chi connectivity index (χ4v) is 2.89. The minimum absolute atomic E-state index is 0.0719. The first-order valence-electron chi connectivity index (χ1n) is 8.67. The van der Waals surface area contributed by atoms with Gasteiger partial charge in [0.2, 0.25) is 5.95 Å². The Morgan fingerprint density at radius 3 is 2.76 bits per heavy atom. The molecule has 2 rings (SSSR count). The van der Waals surface area contributed by atoms with Gasteiger partial charge in [-0.3, -0.25) is 0 Å². The van der Waals surface area contributed by atoms with Crippen LogP contribution in [0, 0.1) is 0 Å². The van der Waals surface area contributed by atoms with E-state index in [0.29, 0.717) is 19.1 Å². The summed E-state index contributed by atoms with van der Waals surface area (Å²) in [6.45, 7) is 10.1. The van der Waals surface area contributed by atoms with E-state index in [1.165, 1.54) is 0 Å². The summed E-state index contributed by atoms with van der Waals surface area (Å²) >= 11 is 3.59. The molecule has 0 unspecified atom stereocenters. The second kappa shape index (κ2) is 9.60. The summed E-state index contributed by atoms with van der Waals surface area (Å²) in [5.74, 6) is 2.13. The van der Waals surface area contributed by atoms with Gasteiger partial charge in [0.1, 0.15) is 0 Å². The zero-order valence-corrected chi connectivity index (χ0v) is 16.8. The van der Waals surface area contributed by atoms with Crippen LogP contribution in [0.15, 0.2) is 16.6 Å². The molecule has 0 aliphatic heterocycles. The molecule has 0 amide bonds. The lowest BCUT2D eigenvalue weighted by Crippen LogP contribution is -2.11. The van der Waals surface area contributed by atoms with Crippen molar-refractivity contribution in [3.8, 4) is 11.5 Å². The number of benzene rings is 1. The molecule has 0 bridgehead atoms. The Balaban J connectivity index is 2.13. The molecule has 1 N–H and O–H groups in total. The highest BCUT2D eigenvalue weighted by Gasteiger charge is 2.14. The molecular formula is C17H26BrN5O2. The molecule has 0 radical (unpaired) electrons. The van der Waals surface area contributed by atoms with E-state index in [1.807, 2.05) is 32.9 Å². The number of halogens is 1. The van der Waals surface area contributed by atoms with Gasteiger partial charge in [-0.15, -0.1) is 0 Å². The monoisotopic (exact) mass is 411 g/mol. The van der Waals surface area contributed by atoms with E-state index in [0.717, 1.165) is 40.9 Å². The quantitative estimate of drug-likeness (QED) is 0.635. The topological polar surface area (TPSA) is 74.1 Å². The third-order valence-electron chi connectivity index (χ3n) is 3.43. The van der Waals surface area contributed by atoms with Crippen LogP contribution in [-0.2, 0) is 13.1 Å². The molecule has 7 nitrogen and oxygen atoms in total. The van der Waals surface area contributed by atoms with Crippen LogP contribution >= 0.6 is 15.9 Å². The summed E-state index contributed by atoms with van der Waals surface area (Å²) in [5.41, 5.74) is 1.05. The number of hydrogen-bond acceptors (Lipinski definition) is 6. The number of unbranched alkanes of at least 4 members (excludes halogenated alkanes) is 1. The third kappa shape index (κ3) is 5.59. The van der Waals surface area contributed by atoms with Gasteiger partial charge in [-0.1, -0.05) is 18.4 Å². The van der Waals surface area contributed by atoms with Crippen molar-refractivity contribution < 1.29 is 9.47 Å². The number of tetrazole rings is 1. The predicted molar refractivity (Wildman–Crippen MR) is 101 cm³/mol. The van der Waals surface area contributed by atoms with Crippen molar-refractivity contribution in [1.82, 2.24) is 20.2 Å². The van der Waals surface area contributed by atoms with Crippen LogP contribution in [0.2, 0.25) is 0 Å². The van der Waals surface area contributed by atoms with E-state index < -0.39 is 0 Å². The number of rotatable bonds is 10. The number of anilines is 1. The molecule has 0 spiro atoms. The molecule has 0 fully saturated rings. The number of nitrogens with one attached hydrogen (secondary N) is 1. The van der Waals surface area contributed by atoms with Crippen LogP contribution in [0.1, 0.15) is 46.1 Å². The second-order valence-electron chi connectivity index (χ2n) is 5.94. The Kier molecular flexibility index (Phi) is 7.49. The lowest BCUT2D eigenvalue weighted by molar-refractivity contribution is 0.222. The van der Waals surface area contributed by atoms with Crippen molar-refractivity contribution >= 4 is 21.9 Å². The van der Waals surface area contributed by atoms with E-state index in [-0.39, 0.29) is 6.10 Å². The Morgan fingerprint density at radius 2 is 2.08 bits per heavy atom. The molecule has 8 heteroatoms. The Bertz CT molecular complexity index is 675. The first-order valence-corrected chi connectivity index (χ1v) is 9.46. The van der Waals surface area contributed by atoms with E-state index in [4.69, 9.17) is 9.47 Å². The number of nitrogens with zero attached hydrogens (tertiary/aromatic N) is 4. The largest absolute Gasteiger partial charge is 0.490 e. The van der Waals surface area contributed by atoms with Gasteiger partial charge in [-0.25, -0.2) is 4.68 Å². The van der Waals surface area contributed by atoms with Crippen molar-refractivity contribution in [2.24, 2.45) is 0 Å². The molecule has 1 heterocycles. The summed E-state index contributed by atoms with van der Waals surface area (Å²) in [4.78, 5) is 0. The van der Waals surface area contributed by atoms with Crippen molar-refractivity contribution in [1.29, 1.82) is 0 Å². The number of hydrogen-bond donors (Lipinski definition) is 1. The highest BCUT2D eigenvalue weighted by Crippen LogP contribution is 2.37. The Labute approximate surface area is 157 Å². The van der Waals surface area contributed by atoms with Gasteiger partial charge in [-0.2, -0.15) is 0 Å². The van der Waals surface area contributed by atoms with Crippen LogP contribution in [0.4, 0.5) is 5.95 Å². The molecule has 0 aliphatic carbocycles. The molecule has 0 saturated carbocycles. The minimum Gasteiger partial charge on any atom is -0.490 e. The summed E-state index contributed by atoms with van der Waals surface area (Å²) < 4.78 is 14.3. The van der Waals surface area contributed by atoms with Crippen LogP contribution in [0.5, 0.6) is 11.5 Å². The molecule has 0 saturated heterocycles. The summed E-state index contributed by atoms with van der Waals surface area (Å²) in [7, 11) is 0. The second-order valence-corrected chi connectivity index (χ2v) is 6.79. The highest BCUT2D eigenvalue weighted by atomic mass is 79.9. The minimum atomic E-state index is 0.0719. The Morgan fingerprint density at radius 1 is 1.28 bits per heavy atom. The van der Waals surface area contributed by atoms with Crippen LogP contribution < -0.4 is 14.8 Å². The number of aromatic nitrogens is 4. The van der Waals surface area contributed by atoms with Crippen molar-refractivity contribution in [3.05, 3.63) is 22.2 Å². The molecule has 1 aromatic carbocycles. The van der Waals surface area contributed by atoms with E-state index in [9.17, 15) is 0 Å². The molecule has 1 aromatic heterocycles. The molecule has 0 aliphatic rings. The van der Waals surface area contributed by atoms with Crippen molar-refractivity contribution in [2.45, 2.75) is 59.7 Å². The lowest BCUT2D eigenvalue weighted by atomic mass is 10.2. The maximum absolute atomic E-state index is 5.87. The van der Waals surface area contributed by atoms with E-state index in [2.05, 4.69) is 43.7 Å². The van der Waals surface area contributed by atoms with Crippen molar-refractivity contribution in [2.75, 3.05) is 11.9 Å². The fourth-order valence-electron chi connectivity index (χ4n) is 2.31. The maximum atomic E-state index is 5.87. The zero-order valence-electron chi connectivity index (χ0n) is 15.3. The van der Waals surface area contributed by atoms with Crippen LogP contribution in [0.25, 0.3) is 0 Å². The van der Waals surface area contributed by atoms with Gasteiger partial charge in [-0.05, 0) is 71.2 Å². The summed E-state index contributed by atoms with van der Waals surface area (Å²) in [5, 5.41) is 15.1. The van der Waals surface area contributed by atoms with Gasteiger partial charge >= 0.3 is 0 Å². The van der Waals surface area contributed by atoms with E-state index >= 15 is 0 Å². The number of ether oxygens (including phenoxy) is 2. The molecule has 138 valence electrons. The summed E-state index contributed by atoms with van der Waals surface area (Å²) in [6.07, 6.45) is 2.21. The lowest BCUT2D eigenvalue weighted by Gasteiger charge is -2.17. The van der Waals surface area contributed by atoms with Crippen LogP contribution in [0.3, 0.4) is 0 Å². The van der Waals surface area contributed by atoms with Gasteiger partial charge in [0.15, 0.2) is 11.5 Å². The first-order chi connectivity index (χ1) is 12.0. The predicted octanol–water partition coefficient (Wildman–Crippen LogP) is 4.03. The van der Waals surface area contributed by atoms with Gasteiger partial charge in [0.05, 0.1) is 17.2 Å². The normalized spacial score (nSPS) is 11.0. The smallest absolute Gasteiger partial charge is 0.243 e. The van der Waals surface area contributed by atoms with Gasteiger partial charge in [0, 0.05) is 13.1 Å². The fraction of sp³-hybridized carbons (Fsp3) is 0.588. The SMILES string of the molecule is CCCCn1nnnc1NCc1cc(Br)c(OC(C)C)c(OCC)c1. The molecule has 0 atom stereocenters. The highest BCUT2D eigenvalue weighted by molar-refractivity contribution is 9.10. The zero-order chi connectivity index (χ0) is 18.2. The number of aryl methyl sites for hydroxylation is 1. The molecule has 2 aromatic rings. The molecular weight excluding hydrogens is 386 g/mol. The standard InChI is InChI=1S/C17H26BrN5O2/c1-5-7-8-23-17(20-21-22-23)19-11-13-9-14(18)16(25-12(3)4)15(10-13)24-6-2/h9-10,12H,5-8,11H2,1-4H3,(H,19,20,22). The van der Waals surface area contributed by atoms with E-state index in [1.54, 1.807) is 4.68 Å². The van der Waals surface area contributed by atoms with Gasteiger partial charge < -0.3 is 14.8 Å². The van der Waals surface area contributed by atoms with Crippen LogP contribution in [-0.4, -0.2) is 32.9 Å². The third-order valence-corrected chi connectivity index (χ3v) is 4.02.